The summed E-state index contributed by atoms with van der Waals surface area (Å²) in [7, 11) is 2.92. The number of carbonyl (C=O) groups excluding carboxylic acids is 4. The van der Waals surface area contributed by atoms with E-state index >= 15 is 0 Å². The first-order valence-corrected chi connectivity index (χ1v) is 12.5. The largest absolute Gasteiger partial charge is 0.459 e. The minimum atomic E-state index is -0.339. The van der Waals surface area contributed by atoms with Crippen LogP contribution in [0.15, 0.2) is 84.9 Å². The van der Waals surface area contributed by atoms with E-state index in [-0.39, 0.29) is 43.1 Å². The Morgan fingerprint density at radius 2 is 0.805 bits per heavy atom. The van der Waals surface area contributed by atoms with E-state index in [9.17, 15) is 19.2 Å². The molecule has 2 aliphatic heterocycles. The quantitative estimate of drug-likeness (QED) is 0.153. The monoisotopic (exact) mass is 634 g/mol. The van der Waals surface area contributed by atoms with Crippen LogP contribution in [0.3, 0.4) is 0 Å². The number of ether oxygens (including phenoxy) is 2. The van der Waals surface area contributed by atoms with Crippen molar-refractivity contribution < 1.29 is 48.1 Å². The van der Waals surface area contributed by atoms with E-state index < -0.39 is 0 Å². The number of hydrogen-bond donors (Lipinski definition) is 0. The minimum Gasteiger partial charge on any atom is -0.459 e. The molecule has 207 valence electrons. The summed E-state index contributed by atoms with van der Waals surface area (Å²) in [6, 6.07) is 24.9. The predicted octanol–water partition coefficient (Wildman–Crippen LogP) is 5.71. The fraction of sp³-hybridized carbons (Fsp3) is 0.0938. The molecule has 0 atom stereocenters. The molecule has 0 N–H and O–H groups in total. The van der Waals surface area contributed by atoms with Crippen molar-refractivity contribution in [1.29, 1.82) is 0 Å². The number of hydrogen-bond acceptors (Lipinski definition) is 6. The molecule has 0 saturated heterocycles. The number of imide groups is 2. The third-order valence-corrected chi connectivity index (χ3v) is 7.17. The van der Waals surface area contributed by atoms with Gasteiger partial charge in [-0.2, -0.15) is 0 Å². The molecule has 0 aromatic heterocycles. The van der Waals surface area contributed by atoms with Crippen LogP contribution in [0.2, 0.25) is 0 Å². The van der Waals surface area contributed by atoms with E-state index in [4.69, 9.17) is 9.47 Å². The molecule has 0 fully saturated rings. The van der Waals surface area contributed by atoms with Gasteiger partial charge < -0.3 is 9.47 Å². The molecular formula is C32H23N2O6Rh-. The molecule has 0 aliphatic carbocycles. The number of carbonyl (C=O) groups is 4. The fourth-order valence-corrected chi connectivity index (χ4v) is 4.79. The SMILES string of the molecule is C[C-](c1ccc(Oc2ccc3c(c2)C(=O)N(C)C3=O)cc1)c1ccc(Oc2ccc3c(c2)C(=O)N(C)C3=O)cc1.[Rh]. The van der Waals surface area contributed by atoms with E-state index in [0.717, 1.165) is 26.8 Å². The third kappa shape index (κ3) is 4.89. The van der Waals surface area contributed by atoms with Gasteiger partial charge in [0.15, 0.2) is 0 Å². The molecular weight excluding hydrogens is 611 g/mol. The summed E-state index contributed by atoms with van der Waals surface area (Å²) >= 11 is 0. The summed E-state index contributed by atoms with van der Waals surface area (Å²) in [5, 5.41) is 0. The van der Waals surface area contributed by atoms with Crippen molar-refractivity contribution in [2.75, 3.05) is 14.1 Å². The second kappa shape index (κ2) is 10.7. The fourth-order valence-electron chi connectivity index (χ4n) is 4.79. The van der Waals surface area contributed by atoms with E-state index in [1.54, 1.807) is 36.4 Å². The van der Waals surface area contributed by atoms with E-state index in [1.807, 2.05) is 55.5 Å². The number of amides is 4. The number of nitrogens with zero attached hydrogens (tertiary/aromatic N) is 2. The summed E-state index contributed by atoms with van der Waals surface area (Å²) in [5.41, 5.74) is 3.44. The van der Waals surface area contributed by atoms with Crippen LogP contribution in [-0.4, -0.2) is 47.5 Å². The normalized spacial score (nSPS) is 13.6. The summed E-state index contributed by atoms with van der Waals surface area (Å²) in [6.45, 7) is 2.02. The van der Waals surface area contributed by atoms with Crippen molar-refractivity contribution in [3.63, 3.8) is 0 Å². The molecule has 0 spiro atoms. The van der Waals surface area contributed by atoms with E-state index in [1.165, 1.54) is 14.1 Å². The summed E-state index contributed by atoms with van der Waals surface area (Å²) in [5.74, 6) is 1.91. The smallest absolute Gasteiger partial charge is 0.261 e. The second-order valence-corrected chi connectivity index (χ2v) is 9.63. The number of fused-ring (bicyclic) bond motifs is 2. The molecule has 0 saturated carbocycles. The molecule has 41 heavy (non-hydrogen) atoms. The Bertz CT molecular complexity index is 1590. The average molecular weight is 634 g/mol. The van der Waals surface area contributed by atoms with Crippen molar-refractivity contribution in [2.45, 2.75) is 6.92 Å². The van der Waals surface area contributed by atoms with Gasteiger partial charge in [-0.05, 0) is 36.4 Å². The molecule has 2 heterocycles. The first kappa shape index (κ1) is 27.8. The predicted molar refractivity (Wildman–Crippen MR) is 146 cm³/mol. The summed E-state index contributed by atoms with van der Waals surface area (Å²) in [4.78, 5) is 50.9. The zero-order valence-corrected chi connectivity index (χ0v) is 23.9. The molecule has 4 aromatic carbocycles. The Balaban J connectivity index is 0.00000337. The first-order chi connectivity index (χ1) is 19.2. The van der Waals surface area contributed by atoms with E-state index in [0.29, 0.717) is 45.3 Å². The summed E-state index contributed by atoms with van der Waals surface area (Å²) in [6.07, 6.45) is 0. The van der Waals surface area contributed by atoms with Gasteiger partial charge in [0.25, 0.3) is 23.6 Å². The van der Waals surface area contributed by atoms with Gasteiger partial charge >= 0.3 is 0 Å². The average Bonchev–Trinajstić information content (AvgIpc) is 3.32. The third-order valence-electron chi connectivity index (χ3n) is 7.17. The maximum absolute atomic E-state index is 12.3. The van der Waals surface area contributed by atoms with Gasteiger partial charge in [-0.1, -0.05) is 31.2 Å². The second-order valence-electron chi connectivity index (χ2n) is 9.63. The van der Waals surface area contributed by atoms with Crippen molar-refractivity contribution in [3.8, 4) is 23.0 Å². The molecule has 1 radical (unpaired) electrons. The zero-order chi connectivity index (χ0) is 28.1. The standard InChI is InChI=1S/C32H23N2O6.Rh/c1-18(19-4-8-21(9-5-19)39-23-12-14-25-27(16-23)31(37)33(2)29(25)35)20-6-10-22(11-7-20)40-24-13-15-26-28(17-24)32(38)34(3)30(26)36;/h4-17H,1-3H3;/q-1;. The van der Waals surface area contributed by atoms with Crippen molar-refractivity contribution in [2.24, 2.45) is 0 Å². The first-order valence-electron chi connectivity index (χ1n) is 12.5. The molecule has 0 unspecified atom stereocenters. The molecule has 0 bridgehead atoms. The molecule has 9 heteroatoms. The van der Waals surface area contributed by atoms with Crippen molar-refractivity contribution >= 4 is 23.6 Å². The van der Waals surface area contributed by atoms with Gasteiger partial charge in [0.1, 0.15) is 23.0 Å². The van der Waals surface area contributed by atoms with Gasteiger partial charge in [-0.25, -0.2) is 0 Å². The molecule has 8 nitrogen and oxygen atoms in total. The van der Waals surface area contributed by atoms with Gasteiger partial charge in [0.2, 0.25) is 0 Å². The zero-order valence-electron chi connectivity index (χ0n) is 22.3. The van der Waals surface area contributed by atoms with Crippen LogP contribution in [0.1, 0.15) is 59.5 Å². The van der Waals surface area contributed by atoms with Crippen LogP contribution < -0.4 is 9.47 Å². The minimum absolute atomic E-state index is 0. The Morgan fingerprint density at radius 1 is 0.488 bits per heavy atom. The van der Waals surface area contributed by atoms with Crippen LogP contribution in [-0.2, 0) is 19.5 Å². The molecule has 4 amide bonds. The van der Waals surface area contributed by atoms with Gasteiger partial charge in [0, 0.05) is 33.6 Å². The molecule has 4 aromatic rings. The van der Waals surface area contributed by atoms with Crippen molar-refractivity contribution in [1.82, 2.24) is 9.80 Å². The van der Waals surface area contributed by atoms with Crippen LogP contribution in [0, 0.1) is 5.92 Å². The molecule has 2 aliphatic rings. The van der Waals surface area contributed by atoms with Crippen molar-refractivity contribution in [3.05, 3.63) is 124 Å². The van der Waals surface area contributed by atoms with Crippen LogP contribution >= 0.6 is 0 Å². The van der Waals surface area contributed by atoms with Gasteiger partial charge in [-0.15, -0.1) is 41.3 Å². The Labute approximate surface area is 249 Å². The van der Waals surface area contributed by atoms with Gasteiger partial charge in [-0.3, -0.25) is 29.0 Å². The topological polar surface area (TPSA) is 93.2 Å². The Kier molecular flexibility index (Phi) is 7.24. The summed E-state index contributed by atoms with van der Waals surface area (Å²) < 4.78 is 11.9. The van der Waals surface area contributed by atoms with Crippen LogP contribution in [0.25, 0.3) is 0 Å². The van der Waals surface area contributed by atoms with E-state index in [2.05, 4.69) is 0 Å². The Morgan fingerprint density at radius 3 is 1.17 bits per heavy atom. The van der Waals surface area contributed by atoms with Crippen LogP contribution in [0.4, 0.5) is 0 Å². The molecule has 6 rings (SSSR count). The van der Waals surface area contributed by atoms with Crippen LogP contribution in [0.5, 0.6) is 23.0 Å². The number of rotatable bonds is 6. The number of benzene rings is 4. The maximum atomic E-state index is 12.3. The Hall–Kier alpha value is -4.75. The van der Waals surface area contributed by atoms with Gasteiger partial charge in [0.05, 0.1) is 22.3 Å². The maximum Gasteiger partial charge on any atom is 0.261 e.